The Labute approximate surface area is 110 Å². The second kappa shape index (κ2) is 5.22. The van der Waals surface area contributed by atoms with Crippen LogP contribution in [0, 0.1) is 0 Å². The van der Waals surface area contributed by atoms with Crippen molar-refractivity contribution in [3.05, 3.63) is 57.2 Å². The van der Waals surface area contributed by atoms with Gasteiger partial charge in [-0.05, 0) is 17.0 Å². The van der Waals surface area contributed by atoms with Crippen molar-refractivity contribution >= 4 is 34.5 Å². The summed E-state index contributed by atoms with van der Waals surface area (Å²) in [6, 6.07) is 12.2. The maximum Gasteiger partial charge on any atom is 0.0759 e. The first-order valence-electron chi connectivity index (χ1n) is 5.12. The predicted octanol–water partition coefficient (Wildman–Crippen LogP) is 5.49. The van der Waals surface area contributed by atoms with E-state index in [0.29, 0.717) is 0 Å². The summed E-state index contributed by atoms with van der Waals surface area (Å²) < 4.78 is 0. The SMILES string of the molecule is CC(c1ccccc1)C(Cl)c1sccc1Cl. The summed E-state index contributed by atoms with van der Waals surface area (Å²) >= 11 is 14.2. The molecule has 0 aliphatic heterocycles. The van der Waals surface area contributed by atoms with E-state index < -0.39 is 0 Å². The van der Waals surface area contributed by atoms with Crippen LogP contribution in [0.1, 0.15) is 28.7 Å². The molecule has 0 aliphatic rings. The molecule has 1 aromatic heterocycles. The number of alkyl halides is 1. The topological polar surface area (TPSA) is 0 Å². The molecule has 1 aromatic carbocycles. The molecule has 0 bridgehead atoms. The van der Waals surface area contributed by atoms with E-state index in [1.165, 1.54) is 5.56 Å². The molecule has 0 nitrogen and oxygen atoms in total. The zero-order valence-electron chi connectivity index (χ0n) is 8.86. The minimum absolute atomic E-state index is 0.0603. The lowest BCUT2D eigenvalue weighted by atomic mass is 9.97. The van der Waals surface area contributed by atoms with Gasteiger partial charge in [0, 0.05) is 10.8 Å². The molecular formula is C13H12Cl2S. The molecule has 0 fully saturated rings. The average molecular weight is 271 g/mol. The normalized spacial score (nSPS) is 14.7. The molecule has 2 aromatic rings. The number of halogens is 2. The molecule has 0 amide bonds. The Balaban J connectivity index is 2.23. The Hall–Kier alpha value is -0.500. The molecule has 1 heterocycles. The van der Waals surface area contributed by atoms with Gasteiger partial charge in [0.25, 0.3) is 0 Å². The van der Waals surface area contributed by atoms with Crippen molar-refractivity contribution in [2.75, 3.05) is 0 Å². The Morgan fingerprint density at radius 3 is 2.38 bits per heavy atom. The van der Waals surface area contributed by atoms with Crippen LogP contribution in [0.3, 0.4) is 0 Å². The third kappa shape index (κ3) is 2.42. The van der Waals surface area contributed by atoms with E-state index in [-0.39, 0.29) is 11.3 Å². The largest absolute Gasteiger partial charge is 0.146 e. The fraction of sp³-hybridized carbons (Fsp3) is 0.231. The molecule has 3 heteroatoms. The Bertz CT molecular complexity index is 450. The number of benzene rings is 1. The van der Waals surface area contributed by atoms with E-state index in [1.54, 1.807) is 11.3 Å². The minimum Gasteiger partial charge on any atom is -0.146 e. The number of thiophene rings is 1. The molecule has 0 aliphatic carbocycles. The molecule has 0 saturated heterocycles. The Morgan fingerprint density at radius 1 is 1.12 bits per heavy atom. The summed E-state index contributed by atoms with van der Waals surface area (Å²) in [7, 11) is 0. The van der Waals surface area contributed by atoms with Crippen molar-refractivity contribution in [2.24, 2.45) is 0 Å². The van der Waals surface area contributed by atoms with Gasteiger partial charge >= 0.3 is 0 Å². The molecule has 0 N–H and O–H groups in total. The first kappa shape index (κ1) is 12.0. The molecule has 0 spiro atoms. The lowest BCUT2D eigenvalue weighted by molar-refractivity contribution is 0.742. The second-order valence-electron chi connectivity index (χ2n) is 3.73. The van der Waals surface area contributed by atoms with Crippen LogP contribution in [-0.2, 0) is 0 Å². The molecular weight excluding hydrogens is 259 g/mol. The van der Waals surface area contributed by atoms with Gasteiger partial charge < -0.3 is 0 Å². The first-order chi connectivity index (χ1) is 7.70. The van der Waals surface area contributed by atoms with Crippen molar-refractivity contribution in [3.8, 4) is 0 Å². The second-order valence-corrected chi connectivity index (χ2v) is 5.56. The predicted molar refractivity (Wildman–Crippen MR) is 72.8 cm³/mol. The van der Waals surface area contributed by atoms with E-state index >= 15 is 0 Å². The maximum absolute atomic E-state index is 6.46. The minimum atomic E-state index is -0.0603. The van der Waals surface area contributed by atoms with Gasteiger partial charge in [0.15, 0.2) is 0 Å². The Morgan fingerprint density at radius 2 is 1.81 bits per heavy atom. The van der Waals surface area contributed by atoms with Gasteiger partial charge in [0.05, 0.1) is 10.4 Å². The highest BCUT2D eigenvalue weighted by atomic mass is 35.5. The summed E-state index contributed by atoms with van der Waals surface area (Å²) in [5.41, 5.74) is 1.24. The summed E-state index contributed by atoms with van der Waals surface area (Å²) in [6.07, 6.45) is 0. The van der Waals surface area contributed by atoms with Crippen LogP contribution in [0.2, 0.25) is 5.02 Å². The summed E-state index contributed by atoms with van der Waals surface area (Å²) in [5.74, 6) is 0.263. The van der Waals surface area contributed by atoms with Crippen LogP contribution in [0.25, 0.3) is 0 Å². The van der Waals surface area contributed by atoms with Gasteiger partial charge in [0.1, 0.15) is 0 Å². The van der Waals surface area contributed by atoms with E-state index in [2.05, 4.69) is 19.1 Å². The van der Waals surface area contributed by atoms with Crippen molar-refractivity contribution in [2.45, 2.75) is 18.2 Å². The molecule has 16 heavy (non-hydrogen) atoms. The van der Waals surface area contributed by atoms with E-state index in [4.69, 9.17) is 23.2 Å². The van der Waals surface area contributed by atoms with Crippen molar-refractivity contribution < 1.29 is 0 Å². The van der Waals surface area contributed by atoms with Gasteiger partial charge in [-0.1, -0.05) is 48.9 Å². The standard InChI is InChI=1S/C13H12Cl2S/c1-9(10-5-3-2-4-6-10)12(15)13-11(14)7-8-16-13/h2-9,12H,1H3. The fourth-order valence-electron chi connectivity index (χ4n) is 1.65. The highest BCUT2D eigenvalue weighted by Gasteiger charge is 2.21. The fourth-order valence-corrected chi connectivity index (χ4v) is 3.38. The molecule has 84 valence electrons. The number of rotatable bonds is 3. The van der Waals surface area contributed by atoms with Crippen molar-refractivity contribution in [1.29, 1.82) is 0 Å². The van der Waals surface area contributed by atoms with Gasteiger partial charge in [0.2, 0.25) is 0 Å². The van der Waals surface area contributed by atoms with Crippen LogP contribution >= 0.6 is 34.5 Å². The van der Waals surface area contributed by atoms with Gasteiger partial charge in [-0.3, -0.25) is 0 Å². The van der Waals surface area contributed by atoms with E-state index in [9.17, 15) is 0 Å². The monoisotopic (exact) mass is 270 g/mol. The summed E-state index contributed by atoms with van der Waals surface area (Å²) in [5, 5.41) is 2.69. The quantitative estimate of drug-likeness (QED) is 0.648. The highest BCUT2D eigenvalue weighted by Crippen LogP contribution is 2.41. The highest BCUT2D eigenvalue weighted by molar-refractivity contribution is 7.11. The lowest BCUT2D eigenvalue weighted by Crippen LogP contribution is -2.01. The zero-order valence-corrected chi connectivity index (χ0v) is 11.2. The van der Waals surface area contributed by atoms with Crippen molar-refractivity contribution in [3.63, 3.8) is 0 Å². The third-order valence-electron chi connectivity index (χ3n) is 2.66. The zero-order chi connectivity index (χ0) is 11.5. The number of hydrogen-bond donors (Lipinski definition) is 0. The molecule has 2 rings (SSSR count). The van der Waals surface area contributed by atoms with Crippen LogP contribution in [0.4, 0.5) is 0 Å². The molecule has 2 atom stereocenters. The van der Waals surface area contributed by atoms with Crippen LogP contribution in [0.15, 0.2) is 41.8 Å². The van der Waals surface area contributed by atoms with E-state index in [0.717, 1.165) is 9.90 Å². The van der Waals surface area contributed by atoms with E-state index in [1.807, 2.05) is 29.6 Å². The third-order valence-corrected chi connectivity index (χ3v) is 4.83. The smallest absolute Gasteiger partial charge is 0.0759 e. The Kier molecular flexibility index (Phi) is 3.91. The molecule has 0 saturated carbocycles. The van der Waals surface area contributed by atoms with Crippen LogP contribution in [-0.4, -0.2) is 0 Å². The van der Waals surface area contributed by atoms with Gasteiger partial charge in [-0.25, -0.2) is 0 Å². The van der Waals surface area contributed by atoms with Crippen LogP contribution in [0.5, 0.6) is 0 Å². The molecule has 2 unspecified atom stereocenters. The van der Waals surface area contributed by atoms with Gasteiger partial charge in [-0.2, -0.15) is 0 Å². The van der Waals surface area contributed by atoms with Gasteiger partial charge in [-0.15, -0.1) is 22.9 Å². The number of hydrogen-bond acceptors (Lipinski definition) is 1. The summed E-state index contributed by atoms with van der Waals surface area (Å²) in [6.45, 7) is 2.13. The summed E-state index contributed by atoms with van der Waals surface area (Å²) in [4.78, 5) is 1.06. The average Bonchev–Trinajstić information content (AvgIpc) is 2.75. The maximum atomic E-state index is 6.46. The molecule has 0 radical (unpaired) electrons. The lowest BCUT2D eigenvalue weighted by Gasteiger charge is -2.17. The van der Waals surface area contributed by atoms with Crippen LogP contribution < -0.4 is 0 Å². The van der Waals surface area contributed by atoms with Crippen molar-refractivity contribution in [1.82, 2.24) is 0 Å². The first-order valence-corrected chi connectivity index (χ1v) is 6.81.